The monoisotopic (exact) mass is 242 g/mol. The smallest absolute Gasteiger partial charge is 0.216 e. The van der Waals surface area contributed by atoms with Crippen LogP contribution in [0.25, 0.3) is 6.08 Å². The third-order valence-corrected chi connectivity index (χ3v) is 3.36. The van der Waals surface area contributed by atoms with E-state index in [0.29, 0.717) is 6.61 Å². The zero-order chi connectivity index (χ0) is 12.2. The predicted molar refractivity (Wildman–Crippen MR) is 73.9 cm³/mol. The minimum Gasteiger partial charge on any atom is -0.476 e. The van der Waals surface area contributed by atoms with Gasteiger partial charge in [0.05, 0.1) is 6.54 Å². The lowest BCUT2D eigenvalue weighted by atomic mass is 10.0. The summed E-state index contributed by atoms with van der Waals surface area (Å²) in [4.78, 5) is 4.32. The second kappa shape index (κ2) is 5.36. The molecule has 1 aromatic carbocycles. The van der Waals surface area contributed by atoms with Crippen molar-refractivity contribution in [2.75, 3.05) is 26.2 Å². The van der Waals surface area contributed by atoms with Crippen LogP contribution in [-0.2, 0) is 4.74 Å². The largest absolute Gasteiger partial charge is 0.476 e. The molecule has 1 aromatic rings. The van der Waals surface area contributed by atoms with Gasteiger partial charge in [-0.25, -0.2) is 4.99 Å². The van der Waals surface area contributed by atoms with E-state index in [0.717, 1.165) is 43.9 Å². The maximum atomic E-state index is 5.46. The Kier molecular flexibility index (Phi) is 3.42. The van der Waals surface area contributed by atoms with Crippen molar-refractivity contribution in [1.82, 2.24) is 5.32 Å². The van der Waals surface area contributed by atoms with Crippen molar-refractivity contribution in [3.8, 4) is 0 Å². The van der Waals surface area contributed by atoms with Crippen LogP contribution in [0.1, 0.15) is 24.0 Å². The molecule has 3 rings (SSSR count). The molecule has 3 heteroatoms. The van der Waals surface area contributed by atoms with Crippen molar-refractivity contribution in [1.29, 1.82) is 0 Å². The third kappa shape index (κ3) is 2.62. The fraction of sp³-hybridized carbons (Fsp3) is 0.400. The standard InChI is InChI=1S/C15H18N2O/c1-3-14(15-17-9-10-18-15)4-2-12(1)11-13-5-7-16-8-6-13/h1-4,11,16H,5-10H2. The first-order valence-corrected chi connectivity index (χ1v) is 6.60. The van der Waals surface area contributed by atoms with Crippen molar-refractivity contribution in [2.45, 2.75) is 12.8 Å². The molecule has 2 aliphatic heterocycles. The number of hydrogen-bond acceptors (Lipinski definition) is 3. The molecule has 0 radical (unpaired) electrons. The zero-order valence-electron chi connectivity index (χ0n) is 10.5. The van der Waals surface area contributed by atoms with Gasteiger partial charge >= 0.3 is 0 Å². The third-order valence-electron chi connectivity index (χ3n) is 3.36. The Morgan fingerprint density at radius 1 is 1.11 bits per heavy atom. The average Bonchev–Trinajstić information content (AvgIpc) is 2.95. The highest BCUT2D eigenvalue weighted by atomic mass is 16.5. The summed E-state index contributed by atoms with van der Waals surface area (Å²) in [6.45, 7) is 3.71. The summed E-state index contributed by atoms with van der Waals surface area (Å²) in [6.07, 6.45) is 4.64. The molecular weight excluding hydrogens is 224 g/mol. The van der Waals surface area contributed by atoms with E-state index < -0.39 is 0 Å². The first kappa shape index (κ1) is 11.5. The summed E-state index contributed by atoms with van der Waals surface area (Å²) >= 11 is 0. The highest BCUT2D eigenvalue weighted by Crippen LogP contribution is 2.16. The van der Waals surface area contributed by atoms with Gasteiger partial charge in [-0.05, 0) is 43.6 Å². The Morgan fingerprint density at radius 3 is 2.56 bits per heavy atom. The average molecular weight is 242 g/mol. The Hall–Kier alpha value is -1.61. The minimum atomic E-state index is 0.716. The SMILES string of the molecule is C(=C1CCNCC1)c1ccc(C2=NCCO2)cc1. The van der Waals surface area contributed by atoms with E-state index in [1.807, 2.05) is 0 Å². The fourth-order valence-corrected chi connectivity index (χ4v) is 2.36. The normalized spacial score (nSPS) is 19.3. The van der Waals surface area contributed by atoms with Crippen molar-refractivity contribution < 1.29 is 4.74 Å². The topological polar surface area (TPSA) is 33.6 Å². The van der Waals surface area contributed by atoms with E-state index >= 15 is 0 Å². The van der Waals surface area contributed by atoms with E-state index in [4.69, 9.17) is 4.74 Å². The summed E-state index contributed by atoms with van der Waals surface area (Å²) in [6, 6.07) is 8.48. The number of hydrogen-bond donors (Lipinski definition) is 1. The molecule has 3 nitrogen and oxygen atoms in total. The first-order chi connectivity index (χ1) is 8.92. The van der Waals surface area contributed by atoms with Gasteiger partial charge in [0.25, 0.3) is 0 Å². The molecule has 0 bridgehead atoms. The molecule has 0 unspecified atom stereocenters. The number of aliphatic imine (C=N–C) groups is 1. The second-order valence-electron chi connectivity index (χ2n) is 4.71. The molecule has 0 aromatic heterocycles. The number of nitrogens with zero attached hydrogens (tertiary/aromatic N) is 1. The molecule has 0 amide bonds. The molecule has 2 heterocycles. The first-order valence-electron chi connectivity index (χ1n) is 6.60. The van der Waals surface area contributed by atoms with Crippen LogP contribution < -0.4 is 5.32 Å². The molecule has 0 aliphatic carbocycles. The van der Waals surface area contributed by atoms with Crippen molar-refractivity contribution in [3.63, 3.8) is 0 Å². The number of ether oxygens (including phenoxy) is 1. The molecule has 2 aliphatic rings. The van der Waals surface area contributed by atoms with Gasteiger partial charge < -0.3 is 10.1 Å². The van der Waals surface area contributed by atoms with Gasteiger partial charge in [-0.3, -0.25) is 0 Å². The van der Waals surface area contributed by atoms with Crippen molar-refractivity contribution >= 4 is 12.0 Å². The van der Waals surface area contributed by atoms with Gasteiger partial charge in [-0.1, -0.05) is 23.8 Å². The van der Waals surface area contributed by atoms with Gasteiger partial charge in [-0.15, -0.1) is 0 Å². The van der Waals surface area contributed by atoms with Gasteiger partial charge in [0.1, 0.15) is 6.61 Å². The molecule has 1 N–H and O–H groups in total. The molecule has 0 saturated carbocycles. The van der Waals surface area contributed by atoms with E-state index in [-0.39, 0.29) is 0 Å². The lowest BCUT2D eigenvalue weighted by Gasteiger charge is -2.15. The zero-order valence-corrected chi connectivity index (χ0v) is 10.5. The summed E-state index contributed by atoms with van der Waals surface area (Å²) in [5.74, 6) is 0.788. The van der Waals surface area contributed by atoms with Gasteiger partial charge in [0.15, 0.2) is 0 Å². The van der Waals surface area contributed by atoms with Crippen LogP contribution in [0.5, 0.6) is 0 Å². The molecule has 18 heavy (non-hydrogen) atoms. The van der Waals surface area contributed by atoms with Gasteiger partial charge in [0, 0.05) is 5.56 Å². The molecule has 0 atom stereocenters. The van der Waals surface area contributed by atoms with Crippen LogP contribution in [0.15, 0.2) is 34.8 Å². The second-order valence-corrected chi connectivity index (χ2v) is 4.71. The lowest BCUT2D eigenvalue weighted by Crippen LogP contribution is -2.22. The van der Waals surface area contributed by atoms with Gasteiger partial charge in [0.2, 0.25) is 5.90 Å². The Balaban J connectivity index is 1.74. The van der Waals surface area contributed by atoms with Gasteiger partial charge in [-0.2, -0.15) is 0 Å². The summed E-state index contributed by atoms with van der Waals surface area (Å²) < 4.78 is 5.46. The quantitative estimate of drug-likeness (QED) is 0.862. The summed E-state index contributed by atoms with van der Waals surface area (Å²) in [5, 5.41) is 3.37. The predicted octanol–water partition coefficient (Wildman–Crippen LogP) is 2.23. The Morgan fingerprint density at radius 2 is 1.89 bits per heavy atom. The maximum absolute atomic E-state index is 5.46. The number of benzene rings is 1. The fourth-order valence-electron chi connectivity index (χ4n) is 2.36. The van der Waals surface area contributed by atoms with Crippen LogP contribution in [0.2, 0.25) is 0 Å². The van der Waals surface area contributed by atoms with Crippen LogP contribution in [0.4, 0.5) is 0 Å². The lowest BCUT2D eigenvalue weighted by molar-refractivity contribution is 0.348. The van der Waals surface area contributed by atoms with E-state index in [1.165, 1.54) is 11.1 Å². The Bertz CT molecular complexity index is 466. The van der Waals surface area contributed by atoms with Crippen molar-refractivity contribution in [2.24, 2.45) is 4.99 Å². The highest BCUT2D eigenvalue weighted by Gasteiger charge is 2.09. The maximum Gasteiger partial charge on any atom is 0.216 e. The minimum absolute atomic E-state index is 0.716. The van der Waals surface area contributed by atoms with E-state index in [9.17, 15) is 0 Å². The van der Waals surface area contributed by atoms with E-state index in [2.05, 4.69) is 40.7 Å². The number of nitrogens with one attached hydrogen (secondary N) is 1. The molecule has 1 saturated heterocycles. The molecular formula is C15H18N2O. The number of piperidine rings is 1. The molecule has 0 spiro atoms. The summed E-state index contributed by atoms with van der Waals surface area (Å²) in [5.41, 5.74) is 3.89. The molecule has 94 valence electrons. The molecule has 1 fully saturated rings. The van der Waals surface area contributed by atoms with Crippen molar-refractivity contribution in [3.05, 3.63) is 41.0 Å². The highest BCUT2D eigenvalue weighted by molar-refractivity contribution is 5.95. The van der Waals surface area contributed by atoms with Crippen LogP contribution in [0, 0.1) is 0 Å². The summed E-state index contributed by atoms with van der Waals surface area (Å²) in [7, 11) is 0. The Labute approximate surface area is 108 Å². The van der Waals surface area contributed by atoms with E-state index in [1.54, 1.807) is 0 Å². The number of rotatable bonds is 2. The van der Waals surface area contributed by atoms with Crippen LogP contribution >= 0.6 is 0 Å². The van der Waals surface area contributed by atoms with Crippen LogP contribution in [-0.4, -0.2) is 32.1 Å². The van der Waals surface area contributed by atoms with Crippen LogP contribution in [0.3, 0.4) is 0 Å².